The Balaban J connectivity index is 1.26. The van der Waals surface area contributed by atoms with Crippen LogP contribution in [-0.4, -0.2) is 61.2 Å². The topological polar surface area (TPSA) is 67.8 Å². The number of thiophene rings is 1. The van der Waals surface area contributed by atoms with Crippen molar-refractivity contribution < 1.29 is 14.3 Å². The zero-order valence-corrected chi connectivity index (χ0v) is 21.6. The molecule has 0 aliphatic carbocycles. The van der Waals surface area contributed by atoms with Gasteiger partial charge in [-0.15, -0.1) is 11.3 Å². The zero-order chi connectivity index (χ0) is 24.6. The Hall–Kier alpha value is -3.69. The van der Waals surface area contributed by atoms with Crippen LogP contribution in [0.1, 0.15) is 10.4 Å². The Morgan fingerprint density at radius 1 is 0.917 bits per heavy atom. The maximum atomic E-state index is 13.7. The Bertz CT molecular complexity index is 1520. The van der Waals surface area contributed by atoms with E-state index in [4.69, 9.17) is 19.4 Å². The summed E-state index contributed by atoms with van der Waals surface area (Å²) in [6.07, 6.45) is 0. The highest BCUT2D eigenvalue weighted by atomic mass is 32.1. The minimum Gasteiger partial charge on any atom is -0.495 e. The van der Waals surface area contributed by atoms with Gasteiger partial charge in [0.15, 0.2) is 5.13 Å². The van der Waals surface area contributed by atoms with E-state index in [2.05, 4.69) is 4.90 Å². The van der Waals surface area contributed by atoms with Crippen LogP contribution in [0.5, 0.6) is 11.5 Å². The molecule has 1 aliphatic rings. The molecule has 0 N–H and O–H groups in total. The third-order valence-corrected chi connectivity index (χ3v) is 8.48. The number of para-hydroxylation sites is 1. The molecule has 0 atom stereocenters. The molecular formula is C27H24N4O3S2. The number of fused-ring (bicyclic) bond motifs is 2. The van der Waals surface area contributed by atoms with Gasteiger partial charge < -0.3 is 19.3 Å². The molecule has 0 spiro atoms. The van der Waals surface area contributed by atoms with E-state index in [9.17, 15) is 4.79 Å². The van der Waals surface area contributed by atoms with Gasteiger partial charge in [-0.3, -0.25) is 4.79 Å². The van der Waals surface area contributed by atoms with Crippen molar-refractivity contribution in [3.8, 4) is 22.1 Å². The van der Waals surface area contributed by atoms with Crippen molar-refractivity contribution in [2.75, 3.05) is 45.3 Å². The van der Waals surface area contributed by atoms with Crippen LogP contribution in [0.4, 0.5) is 5.13 Å². The number of benzene rings is 2. The van der Waals surface area contributed by atoms with Crippen molar-refractivity contribution in [2.24, 2.45) is 0 Å². The average Bonchev–Trinajstić information content (AvgIpc) is 3.63. The van der Waals surface area contributed by atoms with Crippen LogP contribution in [0.15, 0.2) is 60.0 Å². The number of thiazole rings is 1. The summed E-state index contributed by atoms with van der Waals surface area (Å²) in [4.78, 5) is 28.6. The molecule has 0 bridgehead atoms. The van der Waals surface area contributed by atoms with E-state index >= 15 is 0 Å². The lowest BCUT2D eigenvalue weighted by atomic mass is 10.1. The molecule has 1 aliphatic heterocycles. The third kappa shape index (κ3) is 3.94. The quantitative estimate of drug-likeness (QED) is 0.305. The highest BCUT2D eigenvalue weighted by Crippen LogP contribution is 2.40. The standard InChI is InChI=1S/C27H24N4O3S2/c1-33-21-9-10-22(34-2)25-24(21)29-27(36-25)31-13-11-30(12-14-31)26(32)18-16-20(23-8-5-15-35-23)28-19-7-4-3-6-17(18)19/h3-10,15-16H,11-14H2,1-2H3. The van der Waals surface area contributed by atoms with E-state index in [1.165, 1.54) is 0 Å². The summed E-state index contributed by atoms with van der Waals surface area (Å²) in [6, 6.07) is 17.6. The number of carbonyl (C=O) groups is 1. The van der Waals surface area contributed by atoms with Gasteiger partial charge in [-0.25, -0.2) is 9.97 Å². The van der Waals surface area contributed by atoms with Crippen molar-refractivity contribution in [1.82, 2.24) is 14.9 Å². The van der Waals surface area contributed by atoms with Crippen molar-refractivity contribution in [2.45, 2.75) is 0 Å². The second-order valence-electron chi connectivity index (χ2n) is 8.47. The van der Waals surface area contributed by atoms with Gasteiger partial charge in [0.2, 0.25) is 0 Å². The normalized spacial score (nSPS) is 13.9. The molecule has 1 amide bonds. The van der Waals surface area contributed by atoms with Crippen molar-refractivity contribution in [3.63, 3.8) is 0 Å². The molecule has 1 saturated heterocycles. The summed E-state index contributed by atoms with van der Waals surface area (Å²) >= 11 is 3.22. The molecule has 2 aromatic carbocycles. The molecule has 0 unspecified atom stereocenters. The molecule has 0 radical (unpaired) electrons. The number of ether oxygens (including phenoxy) is 2. The first-order chi connectivity index (χ1) is 17.7. The fraction of sp³-hybridized carbons (Fsp3) is 0.222. The molecule has 182 valence electrons. The van der Waals surface area contributed by atoms with Crippen molar-refractivity contribution in [3.05, 3.63) is 65.5 Å². The number of rotatable bonds is 5. The number of amides is 1. The minimum absolute atomic E-state index is 0.0405. The monoisotopic (exact) mass is 516 g/mol. The molecule has 7 nitrogen and oxygen atoms in total. The molecule has 0 saturated carbocycles. The lowest BCUT2D eigenvalue weighted by Crippen LogP contribution is -2.48. The summed E-state index contributed by atoms with van der Waals surface area (Å²) in [6.45, 7) is 2.65. The Kier molecular flexibility index (Phi) is 5.94. The van der Waals surface area contributed by atoms with Gasteiger partial charge >= 0.3 is 0 Å². The summed E-state index contributed by atoms with van der Waals surface area (Å²) in [7, 11) is 3.31. The van der Waals surface area contributed by atoms with E-state index in [0.717, 1.165) is 48.3 Å². The van der Waals surface area contributed by atoms with Crippen LogP contribution in [-0.2, 0) is 0 Å². The largest absolute Gasteiger partial charge is 0.495 e. The van der Waals surface area contributed by atoms with Crippen LogP contribution in [0.3, 0.4) is 0 Å². The van der Waals surface area contributed by atoms with Crippen LogP contribution in [0.2, 0.25) is 0 Å². The summed E-state index contributed by atoms with van der Waals surface area (Å²) in [5.74, 6) is 1.56. The lowest BCUT2D eigenvalue weighted by Gasteiger charge is -2.34. The van der Waals surface area contributed by atoms with Crippen LogP contribution >= 0.6 is 22.7 Å². The minimum atomic E-state index is 0.0405. The molecular weight excluding hydrogens is 492 g/mol. The van der Waals surface area contributed by atoms with Gasteiger partial charge in [-0.1, -0.05) is 35.6 Å². The second-order valence-corrected chi connectivity index (χ2v) is 10.4. The van der Waals surface area contributed by atoms with E-state index in [1.807, 2.05) is 64.9 Å². The van der Waals surface area contributed by atoms with E-state index < -0.39 is 0 Å². The van der Waals surface area contributed by atoms with Gasteiger partial charge in [-0.05, 0) is 35.7 Å². The number of methoxy groups -OCH3 is 2. The summed E-state index contributed by atoms with van der Waals surface area (Å²) in [5.41, 5.74) is 3.18. The van der Waals surface area contributed by atoms with Crippen LogP contribution < -0.4 is 14.4 Å². The van der Waals surface area contributed by atoms with E-state index in [1.54, 1.807) is 36.9 Å². The molecule has 3 aromatic heterocycles. The fourth-order valence-corrected chi connectivity index (χ4v) is 6.40. The van der Waals surface area contributed by atoms with Gasteiger partial charge in [0.05, 0.1) is 35.9 Å². The molecule has 6 rings (SSSR count). The Morgan fingerprint density at radius 2 is 1.69 bits per heavy atom. The SMILES string of the molecule is COc1ccc(OC)c2sc(N3CCN(C(=O)c4cc(-c5cccs5)nc5ccccc45)CC3)nc12. The number of pyridine rings is 1. The first-order valence-electron chi connectivity index (χ1n) is 11.7. The predicted octanol–water partition coefficient (Wildman–Crippen LogP) is 5.55. The van der Waals surface area contributed by atoms with Gasteiger partial charge in [0, 0.05) is 31.6 Å². The maximum absolute atomic E-state index is 13.7. The smallest absolute Gasteiger partial charge is 0.254 e. The van der Waals surface area contributed by atoms with E-state index in [-0.39, 0.29) is 5.91 Å². The zero-order valence-electron chi connectivity index (χ0n) is 19.9. The number of anilines is 1. The number of nitrogens with zero attached hydrogens (tertiary/aromatic N) is 4. The highest BCUT2D eigenvalue weighted by Gasteiger charge is 2.26. The predicted molar refractivity (Wildman–Crippen MR) is 146 cm³/mol. The van der Waals surface area contributed by atoms with Crippen molar-refractivity contribution in [1.29, 1.82) is 0 Å². The van der Waals surface area contributed by atoms with Crippen LogP contribution in [0.25, 0.3) is 31.7 Å². The lowest BCUT2D eigenvalue weighted by molar-refractivity contribution is 0.0748. The number of hydrogen-bond acceptors (Lipinski definition) is 8. The molecule has 5 aromatic rings. The van der Waals surface area contributed by atoms with Crippen LogP contribution in [0, 0.1) is 0 Å². The second kappa shape index (κ2) is 9.40. The first kappa shape index (κ1) is 22.8. The number of hydrogen-bond donors (Lipinski definition) is 0. The molecule has 9 heteroatoms. The first-order valence-corrected chi connectivity index (χ1v) is 13.4. The third-order valence-electron chi connectivity index (χ3n) is 6.46. The maximum Gasteiger partial charge on any atom is 0.254 e. The van der Waals surface area contributed by atoms with Gasteiger partial charge in [0.1, 0.15) is 21.7 Å². The Morgan fingerprint density at radius 3 is 2.44 bits per heavy atom. The number of piperazine rings is 1. The molecule has 4 heterocycles. The van der Waals surface area contributed by atoms with Gasteiger partial charge in [0.25, 0.3) is 5.91 Å². The van der Waals surface area contributed by atoms with Gasteiger partial charge in [-0.2, -0.15) is 0 Å². The molecule has 36 heavy (non-hydrogen) atoms. The average molecular weight is 517 g/mol. The number of aromatic nitrogens is 2. The fourth-order valence-electron chi connectivity index (χ4n) is 4.58. The van der Waals surface area contributed by atoms with Crippen molar-refractivity contribution >= 4 is 54.8 Å². The van der Waals surface area contributed by atoms with E-state index in [0.29, 0.717) is 31.7 Å². The summed E-state index contributed by atoms with van der Waals surface area (Å²) < 4.78 is 12.0. The summed E-state index contributed by atoms with van der Waals surface area (Å²) in [5, 5.41) is 3.82. The molecule has 1 fully saturated rings. The number of carbonyl (C=O) groups excluding carboxylic acids is 1. The highest BCUT2D eigenvalue weighted by molar-refractivity contribution is 7.22. The Labute approximate surface area is 216 Å².